The first kappa shape index (κ1) is 17.7. The lowest BCUT2D eigenvalue weighted by Crippen LogP contribution is -2.13. The van der Waals surface area contributed by atoms with E-state index in [0.717, 1.165) is 5.69 Å². The Labute approximate surface area is 164 Å². The quantitative estimate of drug-likeness (QED) is 0.545. The SMILES string of the molecule is Cn1nc(C(=O)Nc2ccc(-n3cccn3)cc2)cc1NC(=O)c1cccs1. The molecule has 0 bridgehead atoms. The van der Waals surface area contributed by atoms with Crippen molar-refractivity contribution in [1.82, 2.24) is 19.6 Å². The third-order valence-corrected chi connectivity index (χ3v) is 4.86. The molecule has 0 saturated carbocycles. The third-order valence-electron chi connectivity index (χ3n) is 3.99. The number of nitrogens with zero attached hydrogens (tertiary/aromatic N) is 4. The van der Waals surface area contributed by atoms with Crippen LogP contribution in [0.5, 0.6) is 0 Å². The molecular formula is C19H16N6O2S. The van der Waals surface area contributed by atoms with Crippen molar-refractivity contribution >= 4 is 34.7 Å². The zero-order valence-electron chi connectivity index (χ0n) is 14.9. The number of carbonyl (C=O) groups excluding carboxylic acids is 2. The van der Waals surface area contributed by atoms with Crippen LogP contribution in [0.15, 0.2) is 66.3 Å². The highest BCUT2D eigenvalue weighted by Gasteiger charge is 2.16. The average Bonchev–Trinajstić information content (AvgIpc) is 3.45. The largest absolute Gasteiger partial charge is 0.321 e. The van der Waals surface area contributed by atoms with E-state index in [2.05, 4.69) is 20.8 Å². The Morgan fingerprint density at radius 3 is 2.54 bits per heavy atom. The van der Waals surface area contributed by atoms with Gasteiger partial charge in [-0.1, -0.05) is 6.07 Å². The van der Waals surface area contributed by atoms with Gasteiger partial charge in [-0.05, 0) is 41.8 Å². The van der Waals surface area contributed by atoms with Crippen molar-refractivity contribution < 1.29 is 9.59 Å². The monoisotopic (exact) mass is 392 g/mol. The normalized spacial score (nSPS) is 10.6. The number of hydrogen-bond donors (Lipinski definition) is 2. The van der Waals surface area contributed by atoms with Gasteiger partial charge in [0.2, 0.25) is 0 Å². The number of aromatic nitrogens is 4. The molecule has 4 rings (SSSR count). The summed E-state index contributed by atoms with van der Waals surface area (Å²) in [6.07, 6.45) is 3.54. The van der Waals surface area contributed by atoms with Gasteiger partial charge in [-0.15, -0.1) is 11.3 Å². The van der Waals surface area contributed by atoms with Gasteiger partial charge in [0.15, 0.2) is 5.69 Å². The highest BCUT2D eigenvalue weighted by atomic mass is 32.1. The van der Waals surface area contributed by atoms with Crippen molar-refractivity contribution in [2.75, 3.05) is 10.6 Å². The summed E-state index contributed by atoms with van der Waals surface area (Å²) in [5.41, 5.74) is 1.73. The molecule has 2 N–H and O–H groups in total. The van der Waals surface area contributed by atoms with Gasteiger partial charge in [0.1, 0.15) is 5.82 Å². The fourth-order valence-corrected chi connectivity index (χ4v) is 3.21. The Morgan fingerprint density at radius 2 is 1.86 bits per heavy atom. The van der Waals surface area contributed by atoms with Crippen LogP contribution in [0.4, 0.5) is 11.5 Å². The zero-order chi connectivity index (χ0) is 19.5. The van der Waals surface area contributed by atoms with Gasteiger partial charge in [0.05, 0.1) is 10.6 Å². The summed E-state index contributed by atoms with van der Waals surface area (Å²) >= 11 is 1.34. The number of aryl methyl sites for hydroxylation is 1. The number of hydrogen-bond acceptors (Lipinski definition) is 5. The highest BCUT2D eigenvalue weighted by molar-refractivity contribution is 7.12. The summed E-state index contributed by atoms with van der Waals surface area (Å²) in [6, 6.07) is 14.2. The van der Waals surface area contributed by atoms with Crippen molar-refractivity contribution in [3.8, 4) is 5.69 Å². The van der Waals surface area contributed by atoms with Gasteiger partial charge in [-0.25, -0.2) is 4.68 Å². The molecule has 9 heteroatoms. The van der Waals surface area contributed by atoms with E-state index in [1.807, 2.05) is 29.8 Å². The molecule has 8 nitrogen and oxygen atoms in total. The van der Waals surface area contributed by atoms with Crippen LogP contribution in [0.3, 0.4) is 0 Å². The minimum atomic E-state index is -0.362. The van der Waals surface area contributed by atoms with Crippen LogP contribution in [-0.2, 0) is 7.05 Å². The molecule has 0 aliphatic carbocycles. The van der Waals surface area contributed by atoms with Crippen molar-refractivity contribution in [2.45, 2.75) is 0 Å². The standard InChI is InChI=1S/C19H16N6O2S/c1-24-17(22-19(27)16-4-2-11-28-16)12-15(23-24)18(26)21-13-5-7-14(8-6-13)25-10-3-9-20-25/h2-12H,1H3,(H,21,26)(H,22,27). The molecular weight excluding hydrogens is 376 g/mol. The van der Waals surface area contributed by atoms with Gasteiger partial charge in [0.25, 0.3) is 11.8 Å². The minimum Gasteiger partial charge on any atom is -0.321 e. The number of carbonyl (C=O) groups is 2. The lowest BCUT2D eigenvalue weighted by molar-refractivity contribution is 0.101. The van der Waals surface area contributed by atoms with Crippen LogP contribution in [-0.4, -0.2) is 31.4 Å². The summed E-state index contributed by atoms with van der Waals surface area (Å²) < 4.78 is 3.19. The van der Waals surface area contributed by atoms with Crippen LogP contribution in [0.1, 0.15) is 20.2 Å². The lowest BCUT2D eigenvalue weighted by atomic mass is 10.2. The molecule has 3 aromatic heterocycles. The molecule has 3 heterocycles. The Kier molecular flexibility index (Phi) is 4.73. The predicted octanol–water partition coefficient (Wildman–Crippen LogP) is 3.17. The summed E-state index contributed by atoms with van der Waals surface area (Å²) in [5, 5.41) is 15.7. The molecule has 0 atom stereocenters. The van der Waals surface area contributed by atoms with Crippen molar-refractivity contribution in [1.29, 1.82) is 0 Å². The molecule has 0 aliphatic rings. The molecule has 140 valence electrons. The summed E-state index contributed by atoms with van der Waals surface area (Å²) in [7, 11) is 1.67. The van der Waals surface area contributed by atoms with Crippen LogP contribution in [0, 0.1) is 0 Å². The molecule has 0 unspecified atom stereocenters. The predicted molar refractivity (Wildman–Crippen MR) is 107 cm³/mol. The molecule has 0 radical (unpaired) electrons. The van der Waals surface area contributed by atoms with Crippen LogP contribution in [0.25, 0.3) is 5.69 Å². The molecule has 4 aromatic rings. The highest BCUT2D eigenvalue weighted by Crippen LogP contribution is 2.17. The maximum atomic E-state index is 12.5. The van der Waals surface area contributed by atoms with Gasteiger partial charge in [-0.2, -0.15) is 10.2 Å². The molecule has 1 aromatic carbocycles. The lowest BCUT2D eigenvalue weighted by Gasteiger charge is -2.05. The van der Waals surface area contributed by atoms with Crippen LogP contribution < -0.4 is 10.6 Å². The minimum absolute atomic E-state index is 0.208. The van der Waals surface area contributed by atoms with E-state index in [0.29, 0.717) is 16.4 Å². The average molecular weight is 392 g/mol. The van der Waals surface area contributed by atoms with Gasteiger partial charge in [0, 0.05) is 31.2 Å². The molecule has 2 amide bonds. The van der Waals surface area contributed by atoms with E-state index in [1.54, 1.807) is 48.3 Å². The second-order valence-corrected chi connectivity index (χ2v) is 6.87. The van der Waals surface area contributed by atoms with Crippen molar-refractivity contribution in [2.24, 2.45) is 7.05 Å². The molecule has 28 heavy (non-hydrogen) atoms. The fourth-order valence-electron chi connectivity index (χ4n) is 2.60. The first-order valence-electron chi connectivity index (χ1n) is 8.40. The van der Waals surface area contributed by atoms with Gasteiger partial charge in [-0.3, -0.25) is 14.3 Å². The first-order valence-corrected chi connectivity index (χ1v) is 9.28. The zero-order valence-corrected chi connectivity index (χ0v) is 15.7. The smallest absolute Gasteiger partial charge is 0.276 e. The maximum absolute atomic E-state index is 12.5. The van der Waals surface area contributed by atoms with Gasteiger partial charge >= 0.3 is 0 Å². The first-order chi connectivity index (χ1) is 13.6. The number of rotatable bonds is 5. The maximum Gasteiger partial charge on any atom is 0.276 e. The molecule has 0 saturated heterocycles. The summed E-state index contributed by atoms with van der Waals surface area (Å²) in [5.74, 6) is -0.157. The second kappa shape index (κ2) is 7.49. The van der Waals surface area contributed by atoms with E-state index < -0.39 is 0 Å². The number of benzene rings is 1. The number of amides is 2. The van der Waals surface area contributed by atoms with E-state index in [-0.39, 0.29) is 17.5 Å². The number of thiophene rings is 1. The fraction of sp³-hybridized carbons (Fsp3) is 0.0526. The number of anilines is 2. The Hall–Kier alpha value is -3.72. The van der Waals surface area contributed by atoms with E-state index in [9.17, 15) is 9.59 Å². The van der Waals surface area contributed by atoms with E-state index in [4.69, 9.17) is 0 Å². The Morgan fingerprint density at radius 1 is 1.04 bits per heavy atom. The van der Waals surface area contributed by atoms with Crippen LogP contribution >= 0.6 is 11.3 Å². The number of nitrogens with one attached hydrogen (secondary N) is 2. The third kappa shape index (κ3) is 3.69. The van der Waals surface area contributed by atoms with Crippen molar-refractivity contribution in [3.05, 3.63) is 76.9 Å². The van der Waals surface area contributed by atoms with E-state index in [1.165, 1.54) is 16.0 Å². The van der Waals surface area contributed by atoms with E-state index >= 15 is 0 Å². The Bertz CT molecular complexity index is 1100. The van der Waals surface area contributed by atoms with Crippen LogP contribution in [0.2, 0.25) is 0 Å². The van der Waals surface area contributed by atoms with Crippen molar-refractivity contribution in [3.63, 3.8) is 0 Å². The van der Waals surface area contributed by atoms with Gasteiger partial charge < -0.3 is 10.6 Å². The molecule has 0 spiro atoms. The summed E-state index contributed by atoms with van der Waals surface area (Å²) in [4.78, 5) is 25.3. The summed E-state index contributed by atoms with van der Waals surface area (Å²) in [6.45, 7) is 0. The molecule has 0 aliphatic heterocycles. The topological polar surface area (TPSA) is 93.8 Å². The Balaban J connectivity index is 1.44. The second-order valence-electron chi connectivity index (χ2n) is 5.92. The molecule has 0 fully saturated rings.